The molecule has 0 atom stereocenters. The van der Waals surface area contributed by atoms with Gasteiger partial charge in [-0.1, -0.05) is 42.8 Å². The van der Waals surface area contributed by atoms with E-state index in [9.17, 15) is 9.59 Å². The van der Waals surface area contributed by atoms with Crippen molar-refractivity contribution >= 4 is 45.6 Å². The average Bonchev–Trinajstić information content (AvgIpc) is 3.56. The Morgan fingerprint density at radius 1 is 1.17 bits per heavy atom. The molecule has 9 heteroatoms. The number of rotatable bonds is 6. The van der Waals surface area contributed by atoms with Crippen molar-refractivity contribution in [1.82, 2.24) is 14.8 Å². The van der Waals surface area contributed by atoms with Gasteiger partial charge >= 0.3 is 0 Å². The third-order valence-electron chi connectivity index (χ3n) is 5.99. The van der Waals surface area contributed by atoms with Gasteiger partial charge in [-0.2, -0.15) is 5.10 Å². The van der Waals surface area contributed by atoms with Crippen LogP contribution in [-0.2, 0) is 11.2 Å². The number of nitrogens with one attached hydrogen (secondary N) is 1. The van der Waals surface area contributed by atoms with Crippen molar-refractivity contribution < 1.29 is 9.59 Å². The number of halogens is 1. The molecule has 3 heterocycles. The maximum Gasteiger partial charge on any atom is 0.262 e. The number of aromatic nitrogens is 3. The lowest BCUT2D eigenvalue weighted by Crippen LogP contribution is -2.28. The fourth-order valence-corrected chi connectivity index (χ4v) is 5.36. The normalized spacial score (nSPS) is 12.6. The van der Waals surface area contributed by atoms with E-state index in [0.717, 1.165) is 41.0 Å². The molecule has 0 bridgehead atoms. The van der Waals surface area contributed by atoms with Crippen LogP contribution in [0.15, 0.2) is 53.9 Å². The van der Waals surface area contributed by atoms with Crippen molar-refractivity contribution in [2.45, 2.75) is 33.1 Å². The second-order valence-electron chi connectivity index (χ2n) is 8.38. The smallest absolute Gasteiger partial charge is 0.262 e. The predicted molar refractivity (Wildman–Crippen MR) is 140 cm³/mol. The molecule has 5 rings (SSSR count). The highest BCUT2D eigenvalue weighted by atomic mass is 35.5. The van der Waals surface area contributed by atoms with E-state index in [4.69, 9.17) is 11.6 Å². The first kappa shape index (κ1) is 23.3. The number of nitrogens with zero attached hydrogens (tertiary/aromatic N) is 4. The van der Waals surface area contributed by atoms with Crippen molar-refractivity contribution in [3.63, 3.8) is 0 Å². The van der Waals surface area contributed by atoms with E-state index in [2.05, 4.69) is 21.5 Å². The molecule has 1 N–H and O–H groups in total. The Kier molecular flexibility index (Phi) is 6.40. The quantitative estimate of drug-likeness (QED) is 0.354. The summed E-state index contributed by atoms with van der Waals surface area (Å²) in [7, 11) is 0. The summed E-state index contributed by atoms with van der Waals surface area (Å²) >= 11 is 7.88. The molecule has 0 unspecified atom stereocenters. The highest BCUT2D eigenvalue weighted by molar-refractivity contribution is 7.14. The van der Waals surface area contributed by atoms with Crippen LogP contribution in [0.5, 0.6) is 0 Å². The number of para-hydroxylation sites is 1. The molecule has 0 saturated carbocycles. The lowest BCUT2D eigenvalue weighted by atomic mass is 10.1. The van der Waals surface area contributed by atoms with Gasteiger partial charge in [0.2, 0.25) is 5.91 Å². The van der Waals surface area contributed by atoms with Crippen molar-refractivity contribution in [2.75, 3.05) is 16.8 Å². The Balaban J connectivity index is 1.34. The molecule has 0 saturated heterocycles. The summed E-state index contributed by atoms with van der Waals surface area (Å²) in [5.74, 6) is -0.184. The van der Waals surface area contributed by atoms with Gasteiger partial charge in [0.1, 0.15) is 10.7 Å². The zero-order valence-electron chi connectivity index (χ0n) is 19.4. The summed E-state index contributed by atoms with van der Waals surface area (Å²) in [6.07, 6.45) is 2.23. The first-order valence-electron chi connectivity index (χ1n) is 11.5. The SMILES string of the molecule is CCCC(=O)N1CCc2cc(-c3csc(NC(=O)c4c(C)nn(-c5ccccc5)c4Cl)n3)ccc21. The number of hydrogen-bond acceptors (Lipinski definition) is 5. The van der Waals surface area contributed by atoms with E-state index in [1.54, 1.807) is 11.6 Å². The molecule has 2 aromatic carbocycles. The van der Waals surface area contributed by atoms with E-state index >= 15 is 0 Å². The molecular weight excluding hydrogens is 482 g/mol. The number of anilines is 2. The Morgan fingerprint density at radius 2 is 1.97 bits per heavy atom. The second-order valence-corrected chi connectivity index (χ2v) is 9.60. The Labute approximate surface area is 212 Å². The molecule has 2 aromatic heterocycles. The summed E-state index contributed by atoms with van der Waals surface area (Å²) in [5, 5.41) is 9.94. The molecular formula is C26H24ClN5O2S. The van der Waals surface area contributed by atoms with Gasteiger partial charge in [-0.15, -0.1) is 11.3 Å². The Hall–Kier alpha value is -3.49. The lowest BCUT2D eigenvalue weighted by Gasteiger charge is -2.17. The molecule has 1 aliphatic heterocycles. The van der Waals surface area contributed by atoms with Crippen LogP contribution in [0.2, 0.25) is 5.15 Å². The first-order chi connectivity index (χ1) is 17.0. The molecule has 1 aliphatic rings. The zero-order valence-corrected chi connectivity index (χ0v) is 21.0. The van der Waals surface area contributed by atoms with Crippen molar-refractivity contribution in [1.29, 1.82) is 0 Å². The Bertz CT molecular complexity index is 1410. The molecule has 4 aromatic rings. The van der Waals surface area contributed by atoms with Gasteiger partial charge in [-0.3, -0.25) is 14.9 Å². The standard InChI is InChI=1S/C26H24ClN5O2S/c1-3-7-22(33)31-13-12-18-14-17(10-11-21(18)31)20-15-35-26(28-20)29-25(34)23-16(2)30-32(24(23)27)19-8-5-4-6-9-19/h4-6,8-11,14-15H,3,7,12-13H2,1-2H3,(H,28,29,34). The summed E-state index contributed by atoms with van der Waals surface area (Å²) in [5.41, 5.74) is 5.49. The highest BCUT2D eigenvalue weighted by Gasteiger charge is 2.25. The fraction of sp³-hybridized carbons (Fsp3) is 0.231. The van der Waals surface area contributed by atoms with Gasteiger partial charge in [-0.25, -0.2) is 9.67 Å². The average molecular weight is 506 g/mol. The van der Waals surface area contributed by atoms with Gasteiger partial charge < -0.3 is 4.90 Å². The molecule has 0 radical (unpaired) electrons. The number of fused-ring (bicyclic) bond motifs is 1. The first-order valence-corrected chi connectivity index (χ1v) is 12.7. The minimum Gasteiger partial charge on any atom is -0.312 e. The molecule has 0 spiro atoms. The number of benzene rings is 2. The minimum atomic E-state index is -0.352. The number of carbonyl (C=O) groups excluding carboxylic acids is 2. The third kappa shape index (κ3) is 4.47. The summed E-state index contributed by atoms with van der Waals surface area (Å²) < 4.78 is 1.55. The number of thiazole rings is 1. The van der Waals surface area contributed by atoms with E-state index in [-0.39, 0.29) is 17.0 Å². The second kappa shape index (κ2) is 9.64. The fourth-order valence-electron chi connectivity index (χ4n) is 4.29. The summed E-state index contributed by atoms with van der Waals surface area (Å²) in [6.45, 7) is 4.49. The van der Waals surface area contributed by atoms with Crippen LogP contribution in [0.25, 0.3) is 16.9 Å². The zero-order chi connectivity index (χ0) is 24.5. The summed E-state index contributed by atoms with van der Waals surface area (Å²) in [4.78, 5) is 31.9. The maximum atomic E-state index is 13.0. The minimum absolute atomic E-state index is 0.169. The van der Waals surface area contributed by atoms with Crippen molar-refractivity contribution in [2.24, 2.45) is 0 Å². The molecule has 178 valence electrons. The van der Waals surface area contributed by atoms with E-state index < -0.39 is 0 Å². The molecule has 35 heavy (non-hydrogen) atoms. The molecule has 2 amide bonds. The van der Waals surface area contributed by atoms with Crippen LogP contribution < -0.4 is 10.2 Å². The largest absolute Gasteiger partial charge is 0.312 e. The number of aryl methyl sites for hydroxylation is 1. The molecule has 0 fully saturated rings. The summed E-state index contributed by atoms with van der Waals surface area (Å²) in [6, 6.07) is 15.5. The van der Waals surface area contributed by atoms with Crippen molar-refractivity contribution in [3.8, 4) is 16.9 Å². The van der Waals surface area contributed by atoms with Crippen LogP contribution >= 0.6 is 22.9 Å². The topological polar surface area (TPSA) is 80.1 Å². The van der Waals surface area contributed by atoms with Crippen LogP contribution in [-0.4, -0.2) is 33.1 Å². The van der Waals surface area contributed by atoms with Gasteiger partial charge in [0.25, 0.3) is 5.91 Å². The van der Waals surface area contributed by atoms with Gasteiger partial charge in [0.05, 0.1) is 17.1 Å². The third-order valence-corrected chi connectivity index (χ3v) is 7.10. The van der Waals surface area contributed by atoms with E-state index in [1.807, 2.05) is 59.7 Å². The lowest BCUT2D eigenvalue weighted by molar-refractivity contribution is -0.118. The van der Waals surface area contributed by atoms with Gasteiger partial charge in [0, 0.05) is 29.6 Å². The van der Waals surface area contributed by atoms with E-state index in [1.165, 1.54) is 11.3 Å². The maximum absolute atomic E-state index is 13.0. The number of carbonyl (C=O) groups is 2. The predicted octanol–water partition coefficient (Wildman–Crippen LogP) is 5.90. The van der Waals surface area contributed by atoms with Gasteiger partial charge in [0.15, 0.2) is 5.13 Å². The van der Waals surface area contributed by atoms with Crippen LogP contribution in [0, 0.1) is 6.92 Å². The van der Waals surface area contributed by atoms with E-state index in [0.29, 0.717) is 29.4 Å². The van der Waals surface area contributed by atoms with Crippen LogP contribution in [0.1, 0.15) is 41.4 Å². The molecule has 0 aliphatic carbocycles. The number of amides is 2. The van der Waals surface area contributed by atoms with Gasteiger partial charge in [-0.05, 0) is 49.6 Å². The Morgan fingerprint density at radius 3 is 2.74 bits per heavy atom. The number of hydrogen-bond donors (Lipinski definition) is 1. The van der Waals surface area contributed by atoms with Crippen LogP contribution in [0.3, 0.4) is 0 Å². The monoisotopic (exact) mass is 505 g/mol. The highest BCUT2D eigenvalue weighted by Crippen LogP contribution is 2.34. The molecule has 7 nitrogen and oxygen atoms in total. The van der Waals surface area contributed by atoms with Crippen LogP contribution in [0.4, 0.5) is 10.8 Å². The van der Waals surface area contributed by atoms with Crippen molar-refractivity contribution in [3.05, 3.63) is 75.9 Å².